The van der Waals surface area contributed by atoms with Crippen molar-refractivity contribution in [3.05, 3.63) is 76.6 Å². The molecular weight excluding hydrogens is 362 g/mol. The summed E-state index contributed by atoms with van der Waals surface area (Å²) >= 11 is 1.36. The highest BCUT2D eigenvalue weighted by molar-refractivity contribution is 7.15. The smallest absolute Gasteiger partial charge is 0.257 e. The normalized spacial score (nSPS) is 10.7. The molecular formula is C18H15N7OS. The molecule has 1 amide bonds. The molecule has 2 aromatic heterocycles. The first-order valence-electron chi connectivity index (χ1n) is 8.21. The number of anilines is 1. The van der Waals surface area contributed by atoms with Crippen molar-refractivity contribution in [1.82, 2.24) is 30.4 Å². The van der Waals surface area contributed by atoms with Crippen LogP contribution in [0.15, 0.2) is 54.9 Å². The predicted octanol–water partition coefficient (Wildman–Crippen LogP) is 2.67. The van der Waals surface area contributed by atoms with Gasteiger partial charge in [-0.1, -0.05) is 47.7 Å². The second kappa shape index (κ2) is 7.42. The van der Waals surface area contributed by atoms with E-state index in [9.17, 15) is 4.79 Å². The summed E-state index contributed by atoms with van der Waals surface area (Å²) < 4.78 is 1.52. The van der Waals surface area contributed by atoms with Gasteiger partial charge in [0, 0.05) is 12.0 Å². The van der Waals surface area contributed by atoms with Crippen LogP contribution in [0.4, 0.5) is 5.13 Å². The lowest BCUT2D eigenvalue weighted by Crippen LogP contribution is -2.12. The van der Waals surface area contributed by atoms with Crippen LogP contribution >= 0.6 is 11.3 Å². The number of amides is 1. The van der Waals surface area contributed by atoms with E-state index in [2.05, 4.69) is 31.0 Å². The van der Waals surface area contributed by atoms with E-state index in [1.807, 2.05) is 43.3 Å². The second-order valence-electron chi connectivity index (χ2n) is 5.87. The summed E-state index contributed by atoms with van der Waals surface area (Å²) in [6.07, 6.45) is 2.17. The Morgan fingerprint density at radius 3 is 2.78 bits per heavy atom. The first kappa shape index (κ1) is 17.0. The van der Waals surface area contributed by atoms with Crippen molar-refractivity contribution in [2.45, 2.75) is 13.3 Å². The van der Waals surface area contributed by atoms with Gasteiger partial charge in [0.25, 0.3) is 5.91 Å². The van der Waals surface area contributed by atoms with Crippen LogP contribution in [0.3, 0.4) is 0 Å². The molecule has 0 aliphatic heterocycles. The van der Waals surface area contributed by atoms with Gasteiger partial charge in [-0.05, 0) is 40.6 Å². The van der Waals surface area contributed by atoms with Gasteiger partial charge in [-0.2, -0.15) is 0 Å². The number of benzene rings is 2. The number of carbonyl (C=O) groups excluding carboxylic acids is 1. The highest BCUT2D eigenvalue weighted by Crippen LogP contribution is 2.20. The third-order valence-corrected chi connectivity index (χ3v) is 4.79. The van der Waals surface area contributed by atoms with Gasteiger partial charge in [0.1, 0.15) is 11.3 Å². The number of aryl methyl sites for hydroxylation is 1. The molecule has 2 aromatic carbocycles. The molecule has 0 radical (unpaired) electrons. The molecule has 134 valence electrons. The lowest BCUT2D eigenvalue weighted by molar-refractivity contribution is 0.102. The summed E-state index contributed by atoms with van der Waals surface area (Å²) in [5.41, 5.74) is 3.34. The predicted molar refractivity (Wildman–Crippen MR) is 101 cm³/mol. The van der Waals surface area contributed by atoms with Crippen molar-refractivity contribution >= 4 is 22.4 Å². The van der Waals surface area contributed by atoms with E-state index in [0.717, 1.165) is 21.8 Å². The minimum atomic E-state index is -0.258. The van der Waals surface area contributed by atoms with Crippen LogP contribution in [0, 0.1) is 6.92 Å². The molecule has 4 aromatic rings. The number of nitrogens with one attached hydrogen (secondary N) is 1. The second-order valence-corrected chi connectivity index (χ2v) is 6.94. The van der Waals surface area contributed by atoms with Gasteiger partial charge < -0.3 is 0 Å². The minimum Gasteiger partial charge on any atom is -0.296 e. The Labute approximate surface area is 158 Å². The van der Waals surface area contributed by atoms with Crippen LogP contribution in [-0.4, -0.2) is 36.3 Å². The zero-order valence-electron chi connectivity index (χ0n) is 14.4. The molecule has 0 atom stereocenters. The monoisotopic (exact) mass is 377 g/mol. The molecule has 27 heavy (non-hydrogen) atoms. The number of hydrogen-bond acceptors (Lipinski definition) is 7. The first-order chi connectivity index (χ1) is 13.2. The van der Waals surface area contributed by atoms with Crippen molar-refractivity contribution in [3.8, 4) is 5.69 Å². The maximum Gasteiger partial charge on any atom is 0.257 e. The number of nitrogens with zero attached hydrogens (tertiary/aromatic N) is 6. The molecule has 1 N–H and O–H groups in total. The van der Waals surface area contributed by atoms with E-state index in [1.54, 1.807) is 12.1 Å². The highest BCUT2D eigenvalue weighted by atomic mass is 32.1. The molecule has 8 nitrogen and oxygen atoms in total. The number of hydrogen-bond donors (Lipinski definition) is 1. The van der Waals surface area contributed by atoms with Gasteiger partial charge in [-0.25, -0.2) is 4.68 Å². The fraction of sp³-hybridized carbons (Fsp3) is 0.111. The van der Waals surface area contributed by atoms with Crippen LogP contribution < -0.4 is 5.32 Å². The molecule has 0 bridgehead atoms. The third-order valence-electron chi connectivity index (χ3n) is 3.95. The zero-order chi connectivity index (χ0) is 18.6. The molecule has 0 unspecified atom stereocenters. The van der Waals surface area contributed by atoms with Crippen molar-refractivity contribution in [2.24, 2.45) is 0 Å². The van der Waals surface area contributed by atoms with Crippen LogP contribution in [0.5, 0.6) is 0 Å². The lowest BCUT2D eigenvalue weighted by atomic mass is 10.1. The number of carbonyl (C=O) groups is 1. The van der Waals surface area contributed by atoms with Crippen molar-refractivity contribution in [3.63, 3.8) is 0 Å². The Morgan fingerprint density at radius 2 is 2.00 bits per heavy atom. The molecule has 0 saturated carbocycles. The zero-order valence-corrected chi connectivity index (χ0v) is 15.2. The Morgan fingerprint density at radius 1 is 1.15 bits per heavy atom. The molecule has 0 aliphatic rings. The van der Waals surface area contributed by atoms with Crippen molar-refractivity contribution in [1.29, 1.82) is 0 Å². The maximum atomic E-state index is 12.6. The molecule has 9 heteroatoms. The van der Waals surface area contributed by atoms with E-state index in [-0.39, 0.29) is 5.91 Å². The Hall–Kier alpha value is -3.46. The SMILES string of the molecule is Cc1ccc(C(=O)Nc2nnc(Cc3ccccc3)s2)cc1-n1cnnn1. The number of aromatic nitrogens is 6. The Bertz CT molecular complexity index is 1060. The average Bonchev–Trinajstić information content (AvgIpc) is 3.35. The van der Waals surface area contributed by atoms with Gasteiger partial charge in [-0.3, -0.25) is 10.1 Å². The van der Waals surface area contributed by atoms with Crippen LogP contribution in [-0.2, 0) is 6.42 Å². The topological polar surface area (TPSA) is 98.5 Å². The molecule has 2 heterocycles. The van der Waals surface area contributed by atoms with Gasteiger partial charge in [-0.15, -0.1) is 15.3 Å². The molecule has 0 saturated heterocycles. The van der Waals surface area contributed by atoms with Crippen LogP contribution in [0.2, 0.25) is 0 Å². The lowest BCUT2D eigenvalue weighted by Gasteiger charge is -2.07. The summed E-state index contributed by atoms with van der Waals surface area (Å²) in [5, 5.41) is 23.5. The average molecular weight is 377 g/mol. The summed E-state index contributed by atoms with van der Waals surface area (Å²) in [7, 11) is 0. The van der Waals surface area contributed by atoms with E-state index < -0.39 is 0 Å². The number of tetrazole rings is 1. The summed E-state index contributed by atoms with van der Waals surface area (Å²) in [6.45, 7) is 1.93. The minimum absolute atomic E-state index is 0.258. The number of rotatable bonds is 5. The van der Waals surface area contributed by atoms with Gasteiger partial charge in [0.05, 0.1) is 5.69 Å². The first-order valence-corrected chi connectivity index (χ1v) is 9.02. The van der Waals surface area contributed by atoms with Gasteiger partial charge in [0.15, 0.2) is 0 Å². The summed E-state index contributed by atoms with van der Waals surface area (Å²) in [5.74, 6) is -0.258. The van der Waals surface area contributed by atoms with E-state index in [0.29, 0.717) is 17.1 Å². The van der Waals surface area contributed by atoms with E-state index in [1.165, 1.54) is 22.3 Å². The highest BCUT2D eigenvalue weighted by Gasteiger charge is 2.13. The Kier molecular flexibility index (Phi) is 4.67. The quantitative estimate of drug-likeness (QED) is 0.574. The standard InChI is InChI=1S/C18H15N7OS/c1-12-7-8-14(10-15(12)25-11-19-23-24-25)17(26)20-18-22-21-16(27-18)9-13-5-3-2-4-6-13/h2-8,10-11H,9H2,1H3,(H,20,22,26). The fourth-order valence-electron chi connectivity index (χ4n) is 2.58. The van der Waals surface area contributed by atoms with E-state index in [4.69, 9.17) is 0 Å². The van der Waals surface area contributed by atoms with Crippen molar-refractivity contribution in [2.75, 3.05) is 5.32 Å². The van der Waals surface area contributed by atoms with E-state index >= 15 is 0 Å². The van der Waals surface area contributed by atoms with Crippen LogP contribution in [0.25, 0.3) is 5.69 Å². The van der Waals surface area contributed by atoms with Crippen LogP contribution in [0.1, 0.15) is 26.5 Å². The Balaban J connectivity index is 1.49. The largest absolute Gasteiger partial charge is 0.296 e. The van der Waals surface area contributed by atoms with Gasteiger partial charge >= 0.3 is 0 Å². The van der Waals surface area contributed by atoms with Gasteiger partial charge in [0.2, 0.25) is 5.13 Å². The molecule has 0 spiro atoms. The van der Waals surface area contributed by atoms with Crippen molar-refractivity contribution < 1.29 is 4.79 Å². The fourth-order valence-corrected chi connectivity index (χ4v) is 3.35. The summed E-state index contributed by atoms with van der Waals surface area (Å²) in [6, 6.07) is 15.4. The molecule has 0 fully saturated rings. The summed E-state index contributed by atoms with van der Waals surface area (Å²) in [4.78, 5) is 12.6. The third kappa shape index (κ3) is 3.87. The molecule has 4 rings (SSSR count). The molecule has 0 aliphatic carbocycles. The maximum absolute atomic E-state index is 12.6.